The van der Waals surface area contributed by atoms with Gasteiger partial charge in [0, 0.05) is 11.6 Å². The molecule has 0 aliphatic carbocycles. The maximum Gasteiger partial charge on any atom is 0.251 e. The standard InChI is InChI=1S/C15H11N5O/c16-7-11-6-14-19-13(10-20(14)18-8-11)9-17-15(21)12-4-2-1-3-5-12/h1-6,8,10H,9H2,(H,17,21). The Bertz CT molecular complexity index is 832. The van der Waals surface area contributed by atoms with Crippen molar-refractivity contribution in [2.24, 2.45) is 0 Å². The number of nitrogens with zero attached hydrogens (tertiary/aromatic N) is 4. The molecule has 6 nitrogen and oxygen atoms in total. The van der Waals surface area contributed by atoms with Crippen LogP contribution in [0.2, 0.25) is 0 Å². The highest BCUT2D eigenvalue weighted by Crippen LogP contribution is 2.06. The molecule has 3 rings (SSSR count). The molecular formula is C15H11N5O. The second-order valence-electron chi connectivity index (χ2n) is 4.44. The van der Waals surface area contributed by atoms with E-state index in [4.69, 9.17) is 5.26 Å². The van der Waals surface area contributed by atoms with Gasteiger partial charge >= 0.3 is 0 Å². The summed E-state index contributed by atoms with van der Waals surface area (Å²) < 4.78 is 1.57. The first-order valence-corrected chi connectivity index (χ1v) is 6.34. The van der Waals surface area contributed by atoms with E-state index in [0.29, 0.717) is 29.0 Å². The van der Waals surface area contributed by atoms with Crippen molar-refractivity contribution in [2.75, 3.05) is 0 Å². The SMILES string of the molecule is N#Cc1cnn2cc(CNC(=O)c3ccccc3)nc2c1. The molecule has 6 heteroatoms. The molecule has 102 valence electrons. The van der Waals surface area contributed by atoms with Gasteiger partial charge in [-0.3, -0.25) is 4.79 Å². The Morgan fingerprint density at radius 2 is 2.14 bits per heavy atom. The van der Waals surface area contributed by atoms with Crippen LogP contribution in [0.25, 0.3) is 5.65 Å². The Balaban J connectivity index is 1.74. The lowest BCUT2D eigenvalue weighted by atomic mass is 10.2. The molecule has 0 unspecified atom stereocenters. The molecule has 0 saturated heterocycles. The fraction of sp³-hybridized carbons (Fsp3) is 0.0667. The average Bonchev–Trinajstić information content (AvgIpc) is 2.95. The molecule has 3 aromatic rings. The predicted octanol–water partition coefficient (Wildman–Crippen LogP) is 1.53. The predicted molar refractivity (Wildman–Crippen MR) is 75.3 cm³/mol. The summed E-state index contributed by atoms with van der Waals surface area (Å²) in [4.78, 5) is 16.3. The summed E-state index contributed by atoms with van der Waals surface area (Å²) in [6.45, 7) is 0.305. The molecule has 0 aliphatic rings. The lowest BCUT2D eigenvalue weighted by Gasteiger charge is -2.02. The van der Waals surface area contributed by atoms with Gasteiger partial charge in [0.05, 0.1) is 30.2 Å². The highest BCUT2D eigenvalue weighted by molar-refractivity contribution is 5.94. The summed E-state index contributed by atoms with van der Waals surface area (Å²) in [5.41, 5.74) is 2.32. The molecule has 2 heterocycles. The summed E-state index contributed by atoms with van der Waals surface area (Å²) in [6.07, 6.45) is 3.20. The van der Waals surface area contributed by atoms with Crippen LogP contribution in [0.3, 0.4) is 0 Å². The minimum absolute atomic E-state index is 0.154. The van der Waals surface area contributed by atoms with Gasteiger partial charge in [-0.15, -0.1) is 0 Å². The fourth-order valence-corrected chi connectivity index (χ4v) is 1.93. The van der Waals surface area contributed by atoms with Crippen molar-refractivity contribution >= 4 is 11.6 Å². The molecule has 0 aliphatic heterocycles. The molecule has 0 radical (unpaired) electrons. The molecule has 1 aromatic carbocycles. The summed E-state index contributed by atoms with van der Waals surface area (Å²) >= 11 is 0. The Morgan fingerprint density at radius 1 is 1.33 bits per heavy atom. The normalized spacial score (nSPS) is 10.2. The Kier molecular flexibility index (Phi) is 3.31. The van der Waals surface area contributed by atoms with Crippen LogP contribution >= 0.6 is 0 Å². The number of hydrogen-bond acceptors (Lipinski definition) is 4. The number of fused-ring (bicyclic) bond motifs is 1. The Morgan fingerprint density at radius 3 is 2.90 bits per heavy atom. The number of carbonyl (C=O) groups excluding carboxylic acids is 1. The second kappa shape index (κ2) is 5.43. The first-order valence-electron chi connectivity index (χ1n) is 6.34. The zero-order valence-electron chi connectivity index (χ0n) is 11.0. The van der Waals surface area contributed by atoms with Gasteiger partial charge in [-0.25, -0.2) is 9.50 Å². The van der Waals surface area contributed by atoms with Crippen LogP contribution in [0.4, 0.5) is 0 Å². The van der Waals surface area contributed by atoms with Crippen LogP contribution in [0, 0.1) is 11.3 Å². The minimum atomic E-state index is -0.154. The molecule has 0 spiro atoms. The number of rotatable bonds is 3. The molecule has 21 heavy (non-hydrogen) atoms. The van der Waals surface area contributed by atoms with Crippen LogP contribution in [0.15, 0.2) is 48.8 Å². The Hall–Kier alpha value is -3.20. The van der Waals surface area contributed by atoms with E-state index in [0.717, 1.165) is 0 Å². The summed E-state index contributed by atoms with van der Waals surface area (Å²) in [6, 6.07) is 12.6. The van der Waals surface area contributed by atoms with E-state index < -0.39 is 0 Å². The molecule has 0 fully saturated rings. The van der Waals surface area contributed by atoms with E-state index in [1.807, 2.05) is 24.3 Å². The van der Waals surface area contributed by atoms with Crippen molar-refractivity contribution < 1.29 is 4.79 Å². The zero-order chi connectivity index (χ0) is 14.7. The first kappa shape index (κ1) is 12.8. The van der Waals surface area contributed by atoms with Gasteiger partial charge in [-0.05, 0) is 12.1 Å². The summed E-state index contributed by atoms with van der Waals surface area (Å²) in [7, 11) is 0. The van der Waals surface area contributed by atoms with Gasteiger partial charge in [-0.1, -0.05) is 18.2 Å². The van der Waals surface area contributed by atoms with Crippen molar-refractivity contribution in [3.63, 3.8) is 0 Å². The van der Waals surface area contributed by atoms with Crippen LogP contribution in [0.1, 0.15) is 21.6 Å². The van der Waals surface area contributed by atoms with E-state index >= 15 is 0 Å². The molecule has 0 saturated carbocycles. The third-order valence-corrected chi connectivity index (χ3v) is 2.97. The number of benzene rings is 1. The van der Waals surface area contributed by atoms with Crippen molar-refractivity contribution in [1.29, 1.82) is 5.26 Å². The molecule has 1 amide bonds. The lowest BCUT2D eigenvalue weighted by molar-refractivity contribution is 0.0950. The van der Waals surface area contributed by atoms with Gasteiger partial charge in [0.15, 0.2) is 5.65 Å². The largest absolute Gasteiger partial charge is 0.346 e. The van der Waals surface area contributed by atoms with Gasteiger partial charge in [-0.2, -0.15) is 10.4 Å². The minimum Gasteiger partial charge on any atom is -0.346 e. The third-order valence-electron chi connectivity index (χ3n) is 2.97. The third kappa shape index (κ3) is 2.72. The number of imidazole rings is 1. The monoisotopic (exact) mass is 277 g/mol. The quantitative estimate of drug-likeness (QED) is 0.787. The van der Waals surface area contributed by atoms with Crippen molar-refractivity contribution in [1.82, 2.24) is 19.9 Å². The highest BCUT2D eigenvalue weighted by atomic mass is 16.1. The van der Waals surface area contributed by atoms with Gasteiger partial charge < -0.3 is 5.32 Å². The summed E-state index contributed by atoms with van der Waals surface area (Å²) in [5, 5.41) is 15.7. The second-order valence-corrected chi connectivity index (χ2v) is 4.44. The topological polar surface area (TPSA) is 83.1 Å². The van der Waals surface area contributed by atoms with Crippen LogP contribution in [-0.4, -0.2) is 20.5 Å². The smallest absolute Gasteiger partial charge is 0.251 e. The number of nitriles is 1. The van der Waals surface area contributed by atoms with E-state index in [1.54, 1.807) is 28.9 Å². The van der Waals surface area contributed by atoms with Crippen molar-refractivity contribution in [3.8, 4) is 6.07 Å². The Labute approximate surface area is 120 Å². The number of aromatic nitrogens is 3. The van der Waals surface area contributed by atoms with Crippen LogP contribution < -0.4 is 5.32 Å². The van der Waals surface area contributed by atoms with E-state index in [-0.39, 0.29) is 5.91 Å². The van der Waals surface area contributed by atoms with E-state index in [9.17, 15) is 4.79 Å². The fourth-order valence-electron chi connectivity index (χ4n) is 1.93. The zero-order valence-corrected chi connectivity index (χ0v) is 11.0. The number of amides is 1. The summed E-state index contributed by atoms with van der Waals surface area (Å²) in [5.74, 6) is -0.154. The van der Waals surface area contributed by atoms with Crippen molar-refractivity contribution in [3.05, 3.63) is 65.6 Å². The maximum absolute atomic E-state index is 11.9. The number of nitrogens with one attached hydrogen (secondary N) is 1. The van der Waals surface area contributed by atoms with Gasteiger partial charge in [0.1, 0.15) is 6.07 Å². The average molecular weight is 277 g/mol. The van der Waals surface area contributed by atoms with Crippen LogP contribution in [-0.2, 0) is 6.54 Å². The molecule has 0 atom stereocenters. The first-order chi connectivity index (χ1) is 10.3. The van der Waals surface area contributed by atoms with E-state index in [2.05, 4.69) is 15.4 Å². The maximum atomic E-state index is 11.9. The van der Waals surface area contributed by atoms with Gasteiger partial charge in [0.2, 0.25) is 0 Å². The lowest BCUT2D eigenvalue weighted by Crippen LogP contribution is -2.22. The highest BCUT2D eigenvalue weighted by Gasteiger charge is 2.07. The molecule has 2 aromatic heterocycles. The number of carbonyl (C=O) groups is 1. The molecule has 0 bridgehead atoms. The number of hydrogen-bond donors (Lipinski definition) is 1. The van der Waals surface area contributed by atoms with E-state index in [1.165, 1.54) is 6.20 Å². The van der Waals surface area contributed by atoms with Gasteiger partial charge in [0.25, 0.3) is 5.91 Å². The van der Waals surface area contributed by atoms with Crippen LogP contribution in [0.5, 0.6) is 0 Å². The molecule has 1 N–H and O–H groups in total. The van der Waals surface area contributed by atoms with Crippen molar-refractivity contribution in [2.45, 2.75) is 6.54 Å². The molecular weight excluding hydrogens is 266 g/mol.